The van der Waals surface area contributed by atoms with Crippen molar-refractivity contribution < 1.29 is 4.79 Å². The minimum Gasteiger partial charge on any atom is -0.334 e. The van der Waals surface area contributed by atoms with Crippen LogP contribution in [0.15, 0.2) is 82.8 Å². The Morgan fingerprint density at radius 2 is 1.72 bits per heavy atom. The van der Waals surface area contributed by atoms with E-state index in [4.69, 9.17) is 0 Å². The molecule has 0 bridgehead atoms. The Kier molecular flexibility index (Phi) is 5.53. The maximum atomic E-state index is 13.1. The van der Waals surface area contributed by atoms with Crippen LogP contribution in [0.25, 0.3) is 10.9 Å². The fourth-order valence-corrected chi connectivity index (χ4v) is 3.99. The van der Waals surface area contributed by atoms with E-state index >= 15 is 0 Å². The van der Waals surface area contributed by atoms with Crippen molar-refractivity contribution in [3.05, 3.63) is 90.0 Å². The number of carbonyl (C=O) groups excluding carboxylic acids is 1. The molecule has 2 heterocycles. The highest BCUT2D eigenvalue weighted by Gasteiger charge is 2.19. The van der Waals surface area contributed by atoms with Crippen molar-refractivity contribution >= 4 is 28.6 Å². The molecule has 0 spiro atoms. The quantitative estimate of drug-likeness (QED) is 0.484. The van der Waals surface area contributed by atoms with E-state index in [1.54, 1.807) is 24.2 Å². The number of carbonyl (C=O) groups is 1. The van der Waals surface area contributed by atoms with Gasteiger partial charge in [-0.15, -0.1) is 0 Å². The molecule has 2 aromatic heterocycles. The summed E-state index contributed by atoms with van der Waals surface area (Å²) in [4.78, 5) is 29.4. The van der Waals surface area contributed by atoms with Crippen LogP contribution in [-0.4, -0.2) is 32.8 Å². The molecule has 0 saturated carbocycles. The van der Waals surface area contributed by atoms with Gasteiger partial charge in [-0.3, -0.25) is 4.79 Å². The zero-order valence-electron chi connectivity index (χ0n) is 16.2. The number of fused-ring (bicyclic) bond motifs is 1. The van der Waals surface area contributed by atoms with Crippen LogP contribution < -0.4 is 0 Å². The first-order valence-electron chi connectivity index (χ1n) is 9.27. The van der Waals surface area contributed by atoms with Gasteiger partial charge in [-0.05, 0) is 37.3 Å². The van der Waals surface area contributed by atoms with E-state index in [2.05, 4.69) is 15.0 Å². The molecule has 0 aliphatic heterocycles. The average molecular weight is 401 g/mol. The van der Waals surface area contributed by atoms with Crippen LogP contribution in [0.2, 0.25) is 0 Å². The SMILES string of the molecule is Cc1nc(CN(C)C(=O)c2cccnc2Sc2ccccc2)nc2ccccc12. The van der Waals surface area contributed by atoms with E-state index < -0.39 is 0 Å². The number of amides is 1. The summed E-state index contributed by atoms with van der Waals surface area (Å²) in [5.74, 6) is 0.518. The number of rotatable bonds is 5. The van der Waals surface area contributed by atoms with Gasteiger partial charge in [0.2, 0.25) is 0 Å². The van der Waals surface area contributed by atoms with Crippen LogP contribution >= 0.6 is 11.8 Å². The molecule has 144 valence electrons. The van der Waals surface area contributed by atoms with Crippen molar-refractivity contribution in [3.8, 4) is 0 Å². The second-order valence-corrected chi connectivity index (χ2v) is 7.74. The van der Waals surface area contributed by atoms with Gasteiger partial charge >= 0.3 is 0 Å². The largest absolute Gasteiger partial charge is 0.334 e. The van der Waals surface area contributed by atoms with Gasteiger partial charge in [-0.25, -0.2) is 15.0 Å². The van der Waals surface area contributed by atoms with Crippen LogP contribution in [0.5, 0.6) is 0 Å². The number of para-hydroxylation sites is 1. The number of benzene rings is 2. The Labute approximate surface area is 173 Å². The molecule has 0 atom stereocenters. The summed E-state index contributed by atoms with van der Waals surface area (Å²) in [7, 11) is 1.76. The van der Waals surface area contributed by atoms with Crippen molar-refractivity contribution in [2.45, 2.75) is 23.4 Å². The van der Waals surface area contributed by atoms with Gasteiger partial charge in [0.15, 0.2) is 0 Å². The molecule has 0 radical (unpaired) electrons. The summed E-state index contributed by atoms with van der Waals surface area (Å²) in [6.07, 6.45) is 1.71. The first-order chi connectivity index (χ1) is 14.1. The van der Waals surface area contributed by atoms with Crippen LogP contribution in [0, 0.1) is 6.92 Å². The minimum absolute atomic E-state index is 0.106. The minimum atomic E-state index is -0.106. The monoisotopic (exact) mass is 400 g/mol. The number of hydrogen-bond acceptors (Lipinski definition) is 5. The second kappa shape index (κ2) is 8.41. The number of aromatic nitrogens is 3. The summed E-state index contributed by atoms with van der Waals surface area (Å²) < 4.78 is 0. The lowest BCUT2D eigenvalue weighted by Gasteiger charge is -2.18. The third kappa shape index (κ3) is 4.27. The van der Waals surface area contributed by atoms with Crippen LogP contribution in [0.3, 0.4) is 0 Å². The maximum Gasteiger partial charge on any atom is 0.256 e. The van der Waals surface area contributed by atoms with Gasteiger partial charge in [0.1, 0.15) is 10.9 Å². The molecule has 0 unspecified atom stereocenters. The van der Waals surface area contributed by atoms with E-state index in [1.807, 2.05) is 67.6 Å². The van der Waals surface area contributed by atoms with E-state index in [1.165, 1.54) is 11.8 Å². The highest BCUT2D eigenvalue weighted by molar-refractivity contribution is 7.99. The number of hydrogen-bond donors (Lipinski definition) is 0. The van der Waals surface area contributed by atoms with E-state index in [9.17, 15) is 4.79 Å². The lowest BCUT2D eigenvalue weighted by molar-refractivity contribution is 0.0777. The van der Waals surface area contributed by atoms with Gasteiger partial charge in [0.25, 0.3) is 5.91 Å². The second-order valence-electron chi connectivity index (χ2n) is 6.67. The van der Waals surface area contributed by atoms with E-state index in [0.717, 1.165) is 21.5 Å². The molecule has 5 nitrogen and oxygen atoms in total. The zero-order chi connectivity index (χ0) is 20.2. The molecule has 1 amide bonds. The topological polar surface area (TPSA) is 59.0 Å². The molecule has 0 aliphatic rings. The Hall–Kier alpha value is -3.25. The van der Waals surface area contributed by atoms with E-state index in [0.29, 0.717) is 23.0 Å². The number of nitrogens with zero attached hydrogens (tertiary/aromatic N) is 4. The molecular weight excluding hydrogens is 380 g/mol. The predicted molar refractivity (Wildman–Crippen MR) is 115 cm³/mol. The molecule has 2 aromatic carbocycles. The first-order valence-corrected chi connectivity index (χ1v) is 10.1. The molecule has 0 saturated heterocycles. The molecule has 4 rings (SSSR count). The van der Waals surface area contributed by atoms with Crippen molar-refractivity contribution in [1.82, 2.24) is 19.9 Å². The normalized spacial score (nSPS) is 10.8. The molecular formula is C23H20N4OS. The zero-order valence-corrected chi connectivity index (χ0v) is 17.1. The van der Waals surface area contributed by atoms with Crippen molar-refractivity contribution in [3.63, 3.8) is 0 Å². The van der Waals surface area contributed by atoms with Crippen molar-refractivity contribution in [1.29, 1.82) is 0 Å². The molecule has 6 heteroatoms. The molecule has 29 heavy (non-hydrogen) atoms. The predicted octanol–water partition coefficient (Wildman–Crippen LogP) is 4.76. The third-order valence-corrected chi connectivity index (χ3v) is 5.55. The maximum absolute atomic E-state index is 13.1. The fraction of sp³-hybridized carbons (Fsp3) is 0.130. The molecule has 4 aromatic rings. The number of aryl methyl sites for hydroxylation is 1. The standard InChI is InChI=1S/C23H20N4OS/c1-16-18-11-6-7-13-20(18)26-21(25-16)15-27(2)23(28)19-12-8-14-24-22(19)29-17-9-4-3-5-10-17/h3-14H,15H2,1-2H3. The van der Waals surface area contributed by atoms with Crippen molar-refractivity contribution in [2.75, 3.05) is 7.05 Å². The van der Waals surface area contributed by atoms with Gasteiger partial charge in [0.05, 0.1) is 17.6 Å². The van der Waals surface area contributed by atoms with Gasteiger partial charge in [0, 0.05) is 29.2 Å². The summed E-state index contributed by atoms with van der Waals surface area (Å²) >= 11 is 1.48. The molecule has 0 fully saturated rings. The smallest absolute Gasteiger partial charge is 0.256 e. The van der Waals surface area contributed by atoms with E-state index in [-0.39, 0.29) is 5.91 Å². The van der Waals surface area contributed by atoms with Crippen LogP contribution in [-0.2, 0) is 6.54 Å². The summed E-state index contributed by atoms with van der Waals surface area (Å²) in [6.45, 7) is 2.29. The highest BCUT2D eigenvalue weighted by atomic mass is 32.2. The van der Waals surface area contributed by atoms with Crippen LogP contribution in [0.4, 0.5) is 0 Å². The fourth-order valence-electron chi connectivity index (χ4n) is 3.09. The average Bonchev–Trinajstić information content (AvgIpc) is 2.74. The van der Waals surface area contributed by atoms with Gasteiger partial charge in [-0.2, -0.15) is 0 Å². The highest BCUT2D eigenvalue weighted by Crippen LogP contribution is 2.29. The Bertz CT molecular complexity index is 1160. The molecule has 0 N–H and O–H groups in total. The first kappa shape index (κ1) is 19.1. The lowest BCUT2D eigenvalue weighted by atomic mass is 10.2. The summed E-state index contributed by atoms with van der Waals surface area (Å²) in [5, 5.41) is 1.71. The Morgan fingerprint density at radius 3 is 2.55 bits per heavy atom. The molecule has 0 aliphatic carbocycles. The lowest BCUT2D eigenvalue weighted by Crippen LogP contribution is -2.28. The van der Waals surface area contributed by atoms with Gasteiger partial charge in [-0.1, -0.05) is 48.2 Å². The van der Waals surface area contributed by atoms with Gasteiger partial charge < -0.3 is 4.90 Å². The Morgan fingerprint density at radius 1 is 0.966 bits per heavy atom. The summed E-state index contributed by atoms with van der Waals surface area (Å²) in [6, 6.07) is 21.4. The van der Waals surface area contributed by atoms with Crippen LogP contribution in [0.1, 0.15) is 21.9 Å². The van der Waals surface area contributed by atoms with Crippen molar-refractivity contribution in [2.24, 2.45) is 0 Å². The Balaban J connectivity index is 1.57. The summed E-state index contributed by atoms with van der Waals surface area (Å²) in [5.41, 5.74) is 2.37. The number of pyridine rings is 1. The third-order valence-electron chi connectivity index (χ3n) is 4.52.